The molecule has 0 bridgehead atoms. The first kappa shape index (κ1) is 20.0. The van der Waals surface area contributed by atoms with Crippen molar-refractivity contribution in [2.24, 2.45) is 0 Å². The molecule has 0 aliphatic heterocycles. The molecule has 4 rings (SSSR count). The maximum Gasteiger partial charge on any atom is 0.416 e. The largest absolute Gasteiger partial charge is 0.441 e. The Morgan fingerprint density at radius 1 is 0.933 bits per heavy atom. The van der Waals surface area contributed by atoms with Crippen molar-refractivity contribution in [2.45, 2.75) is 26.2 Å². The number of nitrogens with zero attached hydrogens (tertiary/aromatic N) is 4. The molecule has 0 unspecified atom stereocenters. The van der Waals surface area contributed by atoms with E-state index >= 15 is 0 Å². The fraction of sp³-hybridized carbons (Fsp3) is 0.227. The summed E-state index contributed by atoms with van der Waals surface area (Å²) in [5.41, 5.74) is 3.33. The van der Waals surface area contributed by atoms with Crippen molar-refractivity contribution >= 4 is 11.0 Å². The third-order valence-electron chi connectivity index (χ3n) is 4.76. The van der Waals surface area contributed by atoms with Gasteiger partial charge in [0, 0.05) is 31.0 Å². The molecule has 0 aliphatic carbocycles. The second-order valence-electron chi connectivity index (χ2n) is 7.15. The van der Waals surface area contributed by atoms with E-state index < -0.39 is 11.7 Å². The first-order valence-electron chi connectivity index (χ1n) is 9.32. The minimum absolute atomic E-state index is 0.311. The van der Waals surface area contributed by atoms with Crippen molar-refractivity contribution in [1.29, 1.82) is 0 Å². The summed E-state index contributed by atoms with van der Waals surface area (Å²) in [5.74, 6) is 0.951. The molecule has 0 N–H and O–H groups in total. The van der Waals surface area contributed by atoms with Gasteiger partial charge in [0.1, 0.15) is 5.76 Å². The van der Waals surface area contributed by atoms with E-state index in [-0.39, 0.29) is 0 Å². The van der Waals surface area contributed by atoms with Gasteiger partial charge >= 0.3 is 6.18 Å². The molecule has 30 heavy (non-hydrogen) atoms. The minimum Gasteiger partial charge on any atom is -0.441 e. The lowest BCUT2D eigenvalue weighted by molar-refractivity contribution is -0.137. The Hall–Kier alpha value is -3.26. The molecule has 0 saturated carbocycles. The molecule has 4 aromatic rings. The van der Waals surface area contributed by atoms with Crippen LogP contribution in [0, 0.1) is 6.92 Å². The number of oxazole rings is 1. The summed E-state index contributed by atoms with van der Waals surface area (Å²) in [5, 5.41) is 0. The highest BCUT2D eigenvalue weighted by Gasteiger charge is 2.30. The first-order valence-corrected chi connectivity index (χ1v) is 9.32. The molecular weight excluding hydrogens is 393 g/mol. The number of halogens is 3. The van der Waals surface area contributed by atoms with Gasteiger partial charge in [-0.25, -0.2) is 4.98 Å². The van der Waals surface area contributed by atoms with Crippen LogP contribution in [0.4, 0.5) is 13.2 Å². The maximum absolute atomic E-state index is 12.7. The number of alkyl halides is 3. The highest BCUT2D eigenvalue weighted by Crippen LogP contribution is 2.31. The number of rotatable bonds is 5. The van der Waals surface area contributed by atoms with Crippen LogP contribution in [0.3, 0.4) is 0 Å². The zero-order valence-corrected chi connectivity index (χ0v) is 16.4. The average Bonchev–Trinajstić information content (AvgIpc) is 3.07. The van der Waals surface area contributed by atoms with Gasteiger partial charge < -0.3 is 4.42 Å². The summed E-state index contributed by atoms with van der Waals surface area (Å²) in [6.07, 6.45) is -1.04. The Labute approximate surface area is 171 Å². The highest BCUT2D eigenvalue weighted by molar-refractivity contribution is 5.74. The van der Waals surface area contributed by atoms with Crippen molar-refractivity contribution in [3.8, 4) is 11.5 Å². The molecule has 0 saturated heterocycles. The number of hydrogen-bond acceptors (Lipinski definition) is 5. The van der Waals surface area contributed by atoms with E-state index in [1.54, 1.807) is 19.3 Å². The summed E-state index contributed by atoms with van der Waals surface area (Å²) >= 11 is 0. The summed E-state index contributed by atoms with van der Waals surface area (Å²) in [6, 6.07) is 10.8. The van der Waals surface area contributed by atoms with E-state index in [1.807, 2.05) is 25.2 Å². The fourth-order valence-corrected chi connectivity index (χ4v) is 3.23. The predicted octanol–water partition coefficient (Wildman–Crippen LogP) is 5.24. The van der Waals surface area contributed by atoms with Gasteiger partial charge in [0.05, 0.1) is 22.3 Å². The smallest absolute Gasteiger partial charge is 0.416 e. The zero-order chi connectivity index (χ0) is 21.3. The van der Waals surface area contributed by atoms with E-state index in [2.05, 4.69) is 19.9 Å². The van der Waals surface area contributed by atoms with Crippen LogP contribution in [0.1, 0.15) is 22.6 Å². The van der Waals surface area contributed by atoms with Crippen LogP contribution < -0.4 is 0 Å². The minimum atomic E-state index is -4.37. The Kier molecular flexibility index (Phi) is 5.26. The second kappa shape index (κ2) is 7.87. The Balaban J connectivity index is 1.47. The molecule has 8 heteroatoms. The second-order valence-corrected chi connectivity index (χ2v) is 7.15. The van der Waals surface area contributed by atoms with Gasteiger partial charge in [-0.15, -0.1) is 0 Å². The lowest BCUT2D eigenvalue weighted by atomic mass is 10.1. The lowest BCUT2D eigenvalue weighted by Gasteiger charge is -2.15. The first-order chi connectivity index (χ1) is 14.3. The predicted molar refractivity (Wildman–Crippen MR) is 106 cm³/mol. The van der Waals surface area contributed by atoms with Crippen LogP contribution >= 0.6 is 0 Å². The van der Waals surface area contributed by atoms with E-state index in [1.165, 1.54) is 12.1 Å². The number of benzene rings is 2. The average molecular weight is 412 g/mol. The molecule has 0 fully saturated rings. The molecule has 0 amide bonds. The summed E-state index contributed by atoms with van der Waals surface area (Å²) < 4.78 is 43.9. The van der Waals surface area contributed by atoms with E-state index in [9.17, 15) is 13.2 Å². The van der Waals surface area contributed by atoms with Crippen LogP contribution in [0.25, 0.3) is 22.5 Å². The van der Waals surface area contributed by atoms with Gasteiger partial charge in [0.2, 0.25) is 5.89 Å². The van der Waals surface area contributed by atoms with Crippen molar-refractivity contribution < 1.29 is 17.6 Å². The maximum atomic E-state index is 12.7. The van der Waals surface area contributed by atoms with Gasteiger partial charge in [-0.05, 0) is 55.9 Å². The number of fused-ring (bicyclic) bond motifs is 1. The van der Waals surface area contributed by atoms with Crippen molar-refractivity contribution in [2.75, 3.05) is 7.05 Å². The molecule has 2 aromatic heterocycles. The lowest BCUT2D eigenvalue weighted by Crippen LogP contribution is -2.18. The van der Waals surface area contributed by atoms with Crippen LogP contribution in [0.2, 0.25) is 0 Å². The normalized spacial score (nSPS) is 12.1. The Bertz CT molecular complexity index is 1170. The molecule has 2 aromatic carbocycles. The van der Waals surface area contributed by atoms with E-state index in [0.717, 1.165) is 34.4 Å². The van der Waals surface area contributed by atoms with Gasteiger partial charge in [-0.3, -0.25) is 14.9 Å². The molecular formula is C22H19F3N4O. The quantitative estimate of drug-likeness (QED) is 0.448. The Morgan fingerprint density at radius 3 is 2.33 bits per heavy atom. The summed E-state index contributed by atoms with van der Waals surface area (Å²) in [7, 11) is 1.97. The molecule has 0 spiro atoms. The van der Waals surface area contributed by atoms with Crippen LogP contribution in [-0.2, 0) is 19.3 Å². The topological polar surface area (TPSA) is 55.1 Å². The third-order valence-corrected chi connectivity index (χ3v) is 4.76. The number of aryl methyl sites for hydroxylation is 1. The molecule has 0 radical (unpaired) electrons. The third kappa shape index (κ3) is 4.33. The van der Waals surface area contributed by atoms with Gasteiger partial charge in [0.25, 0.3) is 0 Å². The fourth-order valence-electron chi connectivity index (χ4n) is 3.23. The standard InChI is InChI=1S/C22H19F3N4O/c1-14-20(28-21(30-14)16-4-6-17(7-5-16)22(23,24)25)13-29(2)12-15-3-8-18-19(11-15)27-10-9-26-18/h3-11H,12-13H2,1-2H3. The van der Waals surface area contributed by atoms with Crippen molar-refractivity contribution in [1.82, 2.24) is 19.9 Å². The number of hydrogen-bond donors (Lipinski definition) is 0. The molecule has 0 aliphatic rings. The summed E-state index contributed by atoms with van der Waals surface area (Å²) in [6.45, 7) is 3.01. The van der Waals surface area contributed by atoms with Crippen LogP contribution in [0.15, 0.2) is 59.3 Å². The highest BCUT2D eigenvalue weighted by atomic mass is 19.4. The van der Waals surface area contributed by atoms with Crippen LogP contribution in [-0.4, -0.2) is 26.9 Å². The molecule has 2 heterocycles. The van der Waals surface area contributed by atoms with Crippen molar-refractivity contribution in [3.05, 3.63) is 77.4 Å². The van der Waals surface area contributed by atoms with E-state index in [4.69, 9.17) is 4.42 Å². The summed E-state index contributed by atoms with van der Waals surface area (Å²) in [4.78, 5) is 15.2. The van der Waals surface area contributed by atoms with E-state index in [0.29, 0.717) is 30.3 Å². The van der Waals surface area contributed by atoms with Gasteiger partial charge in [-0.2, -0.15) is 13.2 Å². The Morgan fingerprint density at radius 2 is 1.63 bits per heavy atom. The molecule has 0 atom stereocenters. The van der Waals surface area contributed by atoms with Crippen LogP contribution in [0.5, 0.6) is 0 Å². The zero-order valence-electron chi connectivity index (χ0n) is 16.4. The SMILES string of the molecule is Cc1oc(-c2ccc(C(F)(F)F)cc2)nc1CN(C)Cc1ccc2nccnc2c1. The van der Waals surface area contributed by atoms with Gasteiger partial charge in [0.15, 0.2) is 0 Å². The monoisotopic (exact) mass is 412 g/mol. The van der Waals surface area contributed by atoms with Gasteiger partial charge in [-0.1, -0.05) is 6.07 Å². The molecule has 5 nitrogen and oxygen atoms in total. The number of aromatic nitrogens is 3. The van der Waals surface area contributed by atoms with Crippen molar-refractivity contribution in [3.63, 3.8) is 0 Å². The molecule has 154 valence electrons.